The maximum absolute atomic E-state index is 11.5. The molecule has 1 rings (SSSR count). The molecular weight excluding hydrogens is 208 g/mol. The van der Waals surface area contributed by atoms with Crippen LogP contribution in [-0.4, -0.2) is 49.3 Å². The molecule has 1 saturated heterocycles. The van der Waals surface area contributed by atoms with Gasteiger partial charge in [-0.1, -0.05) is 0 Å². The van der Waals surface area contributed by atoms with Crippen LogP contribution in [0, 0.1) is 11.3 Å². The molecule has 1 aliphatic rings. The van der Waals surface area contributed by atoms with Gasteiger partial charge >= 0.3 is 0 Å². The minimum Gasteiger partial charge on any atom is -0.374 e. The van der Waals surface area contributed by atoms with Crippen molar-refractivity contribution in [1.29, 1.82) is 5.26 Å². The lowest BCUT2D eigenvalue weighted by Gasteiger charge is -2.17. The van der Waals surface area contributed by atoms with Gasteiger partial charge in [0.25, 0.3) is 0 Å². The monoisotopic (exact) mass is 226 g/mol. The summed E-state index contributed by atoms with van der Waals surface area (Å²) in [6.45, 7) is 6.10. The minimum absolute atomic E-state index is 0.0624. The van der Waals surface area contributed by atoms with Crippen LogP contribution in [0.1, 0.15) is 20.3 Å². The summed E-state index contributed by atoms with van der Waals surface area (Å²) in [4.78, 5) is 13.2. The Balaban J connectivity index is 2.54. The van der Waals surface area contributed by atoms with Gasteiger partial charge in [-0.25, -0.2) is 0 Å². The van der Waals surface area contributed by atoms with Crippen molar-refractivity contribution in [3.63, 3.8) is 0 Å². The minimum atomic E-state index is -0.144. The van der Waals surface area contributed by atoms with Crippen molar-refractivity contribution in [1.82, 2.24) is 4.90 Å². The van der Waals surface area contributed by atoms with E-state index in [0.717, 1.165) is 0 Å². The van der Waals surface area contributed by atoms with Crippen molar-refractivity contribution < 1.29 is 14.3 Å². The Morgan fingerprint density at radius 1 is 1.31 bits per heavy atom. The second-order valence-corrected chi connectivity index (χ2v) is 3.62. The highest BCUT2D eigenvalue weighted by Crippen LogP contribution is 2.17. The maximum Gasteiger partial charge on any atom is 0.236 e. The third kappa shape index (κ3) is 3.19. The average molecular weight is 226 g/mol. The van der Waals surface area contributed by atoms with Gasteiger partial charge in [0.15, 0.2) is 0 Å². The average Bonchev–Trinajstić information content (AvgIpc) is 2.64. The summed E-state index contributed by atoms with van der Waals surface area (Å²) in [5.74, 6) is -0.144. The van der Waals surface area contributed by atoms with E-state index >= 15 is 0 Å². The van der Waals surface area contributed by atoms with Crippen molar-refractivity contribution >= 4 is 5.91 Å². The summed E-state index contributed by atoms with van der Waals surface area (Å²) in [5, 5.41) is 8.48. The first-order valence-corrected chi connectivity index (χ1v) is 5.60. The molecule has 90 valence electrons. The fourth-order valence-electron chi connectivity index (χ4n) is 1.88. The van der Waals surface area contributed by atoms with Gasteiger partial charge in [-0.2, -0.15) is 5.26 Å². The molecule has 1 aliphatic heterocycles. The van der Waals surface area contributed by atoms with E-state index in [4.69, 9.17) is 14.7 Å². The molecule has 0 aromatic rings. The van der Waals surface area contributed by atoms with Crippen LogP contribution >= 0.6 is 0 Å². The number of nitrogens with zero attached hydrogens (tertiary/aromatic N) is 2. The molecule has 0 unspecified atom stereocenters. The molecule has 0 aromatic heterocycles. The molecule has 5 heteroatoms. The third-order valence-electron chi connectivity index (χ3n) is 2.56. The molecule has 16 heavy (non-hydrogen) atoms. The van der Waals surface area contributed by atoms with Crippen LogP contribution < -0.4 is 0 Å². The molecule has 1 fully saturated rings. The second kappa shape index (κ2) is 6.46. The van der Waals surface area contributed by atoms with E-state index in [0.29, 0.717) is 26.3 Å². The number of hydrogen-bond acceptors (Lipinski definition) is 4. The van der Waals surface area contributed by atoms with Gasteiger partial charge in [-0.15, -0.1) is 0 Å². The molecule has 0 radical (unpaired) electrons. The molecule has 5 nitrogen and oxygen atoms in total. The molecule has 0 bridgehead atoms. The van der Waals surface area contributed by atoms with Crippen LogP contribution in [0.15, 0.2) is 0 Å². The summed E-state index contributed by atoms with van der Waals surface area (Å²) in [7, 11) is 0. The summed E-state index contributed by atoms with van der Waals surface area (Å²) in [6, 6.07) is 1.87. The number of ether oxygens (including phenoxy) is 2. The molecule has 1 heterocycles. The highest BCUT2D eigenvalue weighted by Gasteiger charge is 2.35. The maximum atomic E-state index is 11.5. The number of likely N-dealkylation sites (tertiary alicyclic amines) is 1. The molecule has 0 spiro atoms. The van der Waals surface area contributed by atoms with E-state index in [2.05, 4.69) is 0 Å². The van der Waals surface area contributed by atoms with Gasteiger partial charge in [0, 0.05) is 26.3 Å². The SMILES string of the molecule is CCO[C@H]1CN(C(=O)CC#N)C[C@H]1OCC. The molecule has 1 amide bonds. The Hall–Kier alpha value is -1.12. The molecule has 0 aliphatic carbocycles. The van der Waals surface area contributed by atoms with Crippen molar-refractivity contribution in [2.75, 3.05) is 26.3 Å². The van der Waals surface area contributed by atoms with Crippen LogP contribution in [0.25, 0.3) is 0 Å². The second-order valence-electron chi connectivity index (χ2n) is 3.62. The third-order valence-corrected chi connectivity index (χ3v) is 2.56. The number of carbonyl (C=O) groups is 1. The Labute approximate surface area is 95.9 Å². The number of carbonyl (C=O) groups excluding carboxylic acids is 1. The van der Waals surface area contributed by atoms with E-state index in [-0.39, 0.29) is 24.5 Å². The summed E-state index contributed by atoms with van der Waals surface area (Å²) in [5.41, 5.74) is 0. The van der Waals surface area contributed by atoms with Crippen molar-refractivity contribution in [2.45, 2.75) is 32.5 Å². The van der Waals surface area contributed by atoms with Gasteiger partial charge < -0.3 is 14.4 Å². The molecule has 0 N–H and O–H groups in total. The molecule has 0 saturated carbocycles. The van der Waals surface area contributed by atoms with Crippen LogP contribution in [0.2, 0.25) is 0 Å². The Bertz CT molecular complexity index is 261. The standard InChI is InChI=1S/C11H18N2O3/c1-3-15-9-7-13(11(14)5-6-12)8-10(9)16-4-2/h9-10H,3-5,7-8H2,1-2H3/t9-,10+. The van der Waals surface area contributed by atoms with Crippen LogP contribution in [0.4, 0.5) is 0 Å². The Morgan fingerprint density at radius 2 is 1.81 bits per heavy atom. The summed E-state index contributed by atoms with van der Waals surface area (Å²) < 4.78 is 11.0. The largest absolute Gasteiger partial charge is 0.374 e. The Morgan fingerprint density at radius 3 is 2.19 bits per heavy atom. The van der Waals surface area contributed by atoms with Crippen LogP contribution in [-0.2, 0) is 14.3 Å². The van der Waals surface area contributed by atoms with Gasteiger partial charge in [0.1, 0.15) is 18.6 Å². The first kappa shape index (κ1) is 12.9. The topological polar surface area (TPSA) is 62.6 Å². The van der Waals surface area contributed by atoms with Crippen molar-refractivity contribution in [2.24, 2.45) is 0 Å². The fraction of sp³-hybridized carbons (Fsp3) is 0.818. The van der Waals surface area contributed by atoms with E-state index in [9.17, 15) is 4.79 Å². The molecule has 2 atom stereocenters. The van der Waals surface area contributed by atoms with E-state index < -0.39 is 0 Å². The Kier molecular flexibility index (Phi) is 5.23. The number of amides is 1. The number of nitriles is 1. The van der Waals surface area contributed by atoms with Gasteiger partial charge in [0.2, 0.25) is 5.91 Å². The predicted octanol–water partition coefficient (Wildman–Crippen LogP) is 0.552. The van der Waals surface area contributed by atoms with Gasteiger partial charge in [-0.3, -0.25) is 4.79 Å². The van der Waals surface area contributed by atoms with E-state index in [1.165, 1.54) is 0 Å². The van der Waals surface area contributed by atoms with E-state index in [1.807, 2.05) is 19.9 Å². The van der Waals surface area contributed by atoms with Crippen molar-refractivity contribution in [3.8, 4) is 6.07 Å². The lowest BCUT2D eigenvalue weighted by molar-refractivity contribution is -0.129. The zero-order valence-electron chi connectivity index (χ0n) is 9.81. The highest BCUT2D eigenvalue weighted by atomic mass is 16.5. The predicted molar refractivity (Wildman–Crippen MR) is 57.6 cm³/mol. The first-order valence-electron chi connectivity index (χ1n) is 5.60. The zero-order chi connectivity index (χ0) is 12.0. The fourth-order valence-corrected chi connectivity index (χ4v) is 1.88. The van der Waals surface area contributed by atoms with Crippen LogP contribution in [0.5, 0.6) is 0 Å². The number of rotatable bonds is 5. The first-order chi connectivity index (χ1) is 7.72. The lowest BCUT2D eigenvalue weighted by Crippen LogP contribution is -2.29. The van der Waals surface area contributed by atoms with Crippen LogP contribution in [0.3, 0.4) is 0 Å². The molecule has 0 aromatic carbocycles. The quantitative estimate of drug-likeness (QED) is 0.687. The molecular formula is C11H18N2O3. The summed E-state index contributed by atoms with van der Waals surface area (Å²) in [6.07, 6.45) is -0.197. The number of hydrogen-bond donors (Lipinski definition) is 0. The van der Waals surface area contributed by atoms with E-state index in [1.54, 1.807) is 4.90 Å². The zero-order valence-corrected chi connectivity index (χ0v) is 9.81. The van der Waals surface area contributed by atoms with Crippen molar-refractivity contribution in [3.05, 3.63) is 0 Å². The smallest absolute Gasteiger partial charge is 0.236 e. The lowest BCUT2D eigenvalue weighted by atomic mass is 10.2. The summed E-state index contributed by atoms with van der Waals surface area (Å²) >= 11 is 0. The normalized spacial score (nSPS) is 24.4. The van der Waals surface area contributed by atoms with Gasteiger partial charge in [0.05, 0.1) is 6.07 Å². The highest BCUT2D eigenvalue weighted by molar-refractivity contribution is 5.78. The van der Waals surface area contributed by atoms with Gasteiger partial charge in [-0.05, 0) is 13.8 Å².